The Hall–Kier alpha value is -2.17. The lowest BCUT2D eigenvalue weighted by molar-refractivity contribution is 0.209. The lowest BCUT2D eigenvalue weighted by Gasteiger charge is -2.38. The maximum absolute atomic E-state index is 4.78. The number of nitrogens with zero attached hydrogens (tertiary/aromatic N) is 4. The summed E-state index contributed by atoms with van der Waals surface area (Å²) in [7, 11) is 0. The molecule has 4 heteroatoms. The van der Waals surface area contributed by atoms with Gasteiger partial charge in [-0.2, -0.15) is 0 Å². The quantitative estimate of drug-likeness (QED) is 0.743. The summed E-state index contributed by atoms with van der Waals surface area (Å²) in [6, 6.07) is 11.9. The Balaban J connectivity index is 1.31. The van der Waals surface area contributed by atoms with Gasteiger partial charge in [-0.25, -0.2) is 0 Å². The highest BCUT2D eigenvalue weighted by molar-refractivity contribution is 5.78. The van der Waals surface area contributed by atoms with Crippen LogP contribution in [0.1, 0.15) is 37.8 Å². The number of aromatic nitrogens is 1. The van der Waals surface area contributed by atoms with Crippen molar-refractivity contribution in [2.75, 3.05) is 50.7 Å². The van der Waals surface area contributed by atoms with Crippen LogP contribution >= 0.6 is 0 Å². The van der Waals surface area contributed by atoms with Gasteiger partial charge in [0.2, 0.25) is 0 Å². The summed E-state index contributed by atoms with van der Waals surface area (Å²) >= 11 is 0. The molecule has 0 spiro atoms. The van der Waals surface area contributed by atoms with Crippen molar-refractivity contribution in [2.24, 2.45) is 0 Å². The third-order valence-electron chi connectivity index (χ3n) is 7.02. The minimum atomic E-state index is 0.643. The summed E-state index contributed by atoms with van der Waals surface area (Å²) < 4.78 is 0. The first kappa shape index (κ1) is 19.8. The first-order chi connectivity index (χ1) is 14.7. The van der Waals surface area contributed by atoms with Crippen LogP contribution in [0, 0.1) is 0 Å². The van der Waals surface area contributed by atoms with E-state index in [4.69, 9.17) is 4.98 Å². The van der Waals surface area contributed by atoms with Crippen LogP contribution in [0.3, 0.4) is 0 Å². The smallest absolute Gasteiger partial charge is 0.0777 e. The van der Waals surface area contributed by atoms with Gasteiger partial charge in [-0.15, -0.1) is 0 Å². The molecule has 1 aromatic heterocycles. The van der Waals surface area contributed by atoms with E-state index in [1.54, 1.807) is 5.57 Å². The average Bonchev–Trinajstić information content (AvgIpc) is 3.43. The summed E-state index contributed by atoms with van der Waals surface area (Å²) in [5.74, 6) is 0. The average molecular weight is 403 g/mol. The molecule has 3 heterocycles. The second kappa shape index (κ2) is 8.52. The van der Waals surface area contributed by atoms with E-state index < -0.39 is 0 Å². The molecule has 5 rings (SSSR count). The molecule has 2 saturated heterocycles. The van der Waals surface area contributed by atoms with Crippen LogP contribution in [0.5, 0.6) is 0 Å². The molecule has 2 aliphatic heterocycles. The molecule has 0 amide bonds. The summed E-state index contributed by atoms with van der Waals surface area (Å²) in [5.41, 5.74) is 8.02. The largest absolute Gasteiger partial charge is 0.369 e. The van der Waals surface area contributed by atoms with Crippen LogP contribution in [-0.4, -0.2) is 66.6 Å². The maximum atomic E-state index is 4.78. The molecular formula is C26H34N4. The molecular weight excluding hydrogens is 368 g/mol. The molecule has 1 aliphatic carbocycles. The molecule has 158 valence electrons. The van der Waals surface area contributed by atoms with E-state index in [0.717, 1.165) is 44.8 Å². The molecule has 3 aliphatic rings. The fraction of sp³-hybridized carbons (Fsp3) is 0.500. The van der Waals surface area contributed by atoms with Crippen molar-refractivity contribution < 1.29 is 0 Å². The van der Waals surface area contributed by atoms with Gasteiger partial charge >= 0.3 is 0 Å². The van der Waals surface area contributed by atoms with Gasteiger partial charge in [0.05, 0.1) is 5.69 Å². The van der Waals surface area contributed by atoms with Gasteiger partial charge in [0.15, 0.2) is 0 Å². The molecule has 2 fully saturated rings. The van der Waals surface area contributed by atoms with E-state index in [1.165, 1.54) is 48.3 Å². The third-order valence-corrected chi connectivity index (χ3v) is 7.02. The molecule has 0 N–H and O–H groups in total. The molecule has 0 atom stereocenters. The van der Waals surface area contributed by atoms with E-state index in [1.807, 2.05) is 6.20 Å². The Morgan fingerprint density at radius 1 is 0.900 bits per heavy atom. The van der Waals surface area contributed by atoms with E-state index in [2.05, 4.69) is 65.0 Å². The summed E-state index contributed by atoms with van der Waals surface area (Å²) in [4.78, 5) is 12.5. The summed E-state index contributed by atoms with van der Waals surface area (Å²) in [6.45, 7) is 12.7. The predicted octanol–water partition coefficient (Wildman–Crippen LogP) is 4.31. The van der Waals surface area contributed by atoms with Crippen molar-refractivity contribution in [1.82, 2.24) is 14.8 Å². The highest BCUT2D eigenvalue weighted by Gasteiger charge is 2.22. The highest BCUT2D eigenvalue weighted by Crippen LogP contribution is 2.34. The number of benzene rings is 1. The number of piperazine rings is 1. The Morgan fingerprint density at radius 3 is 2.33 bits per heavy atom. The van der Waals surface area contributed by atoms with Crippen LogP contribution in [0.15, 0.2) is 42.1 Å². The number of rotatable bonds is 5. The van der Waals surface area contributed by atoms with E-state index in [-0.39, 0.29) is 0 Å². The second-order valence-corrected chi connectivity index (χ2v) is 9.36. The molecule has 0 bridgehead atoms. The second-order valence-electron chi connectivity index (χ2n) is 9.36. The number of anilines is 1. The van der Waals surface area contributed by atoms with Crippen LogP contribution in [0.25, 0.3) is 17.3 Å². The van der Waals surface area contributed by atoms with Gasteiger partial charge in [-0.1, -0.05) is 23.8 Å². The molecule has 4 nitrogen and oxygen atoms in total. The van der Waals surface area contributed by atoms with Crippen molar-refractivity contribution in [2.45, 2.75) is 39.2 Å². The standard InChI is InChI=1S/C26H34N4/c1-20(2)29-13-15-30(16-14-29)24-7-5-22(6-8-24)26-25-18-21(17-23(25)9-10-27-26)19-28-11-3-4-12-28/h5-10,18,20H,3-4,11-17,19H2,1-2H3. The Bertz CT molecular complexity index is 901. The minimum Gasteiger partial charge on any atom is -0.369 e. The van der Waals surface area contributed by atoms with Gasteiger partial charge in [0.25, 0.3) is 0 Å². The lowest BCUT2D eigenvalue weighted by Crippen LogP contribution is -2.48. The molecule has 0 radical (unpaired) electrons. The summed E-state index contributed by atoms with van der Waals surface area (Å²) in [6.07, 6.45) is 8.19. The highest BCUT2D eigenvalue weighted by atomic mass is 15.3. The molecule has 1 aromatic carbocycles. The monoisotopic (exact) mass is 402 g/mol. The Kier molecular flexibility index (Phi) is 5.62. The van der Waals surface area contributed by atoms with Crippen LogP contribution in [-0.2, 0) is 6.42 Å². The predicted molar refractivity (Wildman–Crippen MR) is 126 cm³/mol. The van der Waals surface area contributed by atoms with Crippen LogP contribution < -0.4 is 4.90 Å². The van der Waals surface area contributed by atoms with Crippen molar-refractivity contribution in [3.05, 3.63) is 53.2 Å². The maximum Gasteiger partial charge on any atom is 0.0777 e. The molecule has 30 heavy (non-hydrogen) atoms. The zero-order valence-corrected chi connectivity index (χ0v) is 18.5. The SMILES string of the molecule is CC(C)N1CCN(c2ccc(-c3nccc4c3C=C(CN3CCCC3)C4)cc2)CC1. The topological polar surface area (TPSA) is 22.6 Å². The van der Waals surface area contributed by atoms with Crippen LogP contribution in [0.2, 0.25) is 0 Å². The molecule has 2 aromatic rings. The summed E-state index contributed by atoms with van der Waals surface area (Å²) in [5, 5.41) is 0. The number of hydrogen-bond donors (Lipinski definition) is 0. The number of likely N-dealkylation sites (tertiary alicyclic amines) is 1. The third kappa shape index (κ3) is 4.03. The fourth-order valence-electron chi connectivity index (χ4n) is 5.21. The zero-order valence-electron chi connectivity index (χ0n) is 18.5. The minimum absolute atomic E-state index is 0.643. The number of pyridine rings is 1. The fourth-order valence-corrected chi connectivity index (χ4v) is 5.21. The van der Waals surface area contributed by atoms with Crippen molar-refractivity contribution in [1.29, 1.82) is 0 Å². The number of hydrogen-bond acceptors (Lipinski definition) is 4. The van der Waals surface area contributed by atoms with Gasteiger partial charge < -0.3 is 4.90 Å². The van der Waals surface area contributed by atoms with E-state index in [9.17, 15) is 0 Å². The van der Waals surface area contributed by atoms with Crippen molar-refractivity contribution in [3.8, 4) is 11.3 Å². The number of fused-ring (bicyclic) bond motifs is 1. The normalized spacial score (nSPS) is 20.1. The van der Waals surface area contributed by atoms with E-state index >= 15 is 0 Å². The Labute approximate surface area is 181 Å². The van der Waals surface area contributed by atoms with Gasteiger partial charge in [0.1, 0.15) is 0 Å². The van der Waals surface area contributed by atoms with Gasteiger partial charge in [-0.05, 0) is 70.0 Å². The molecule has 0 saturated carbocycles. The zero-order chi connectivity index (χ0) is 20.5. The van der Waals surface area contributed by atoms with Gasteiger partial charge in [-0.3, -0.25) is 14.8 Å². The van der Waals surface area contributed by atoms with Gasteiger partial charge in [0, 0.05) is 61.8 Å². The lowest BCUT2D eigenvalue weighted by atomic mass is 10.0. The van der Waals surface area contributed by atoms with Crippen LogP contribution in [0.4, 0.5) is 5.69 Å². The first-order valence-electron chi connectivity index (χ1n) is 11.7. The van der Waals surface area contributed by atoms with Crippen molar-refractivity contribution in [3.63, 3.8) is 0 Å². The van der Waals surface area contributed by atoms with Crippen molar-refractivity contribution >= 4 is 11.8 Å². The Morgan fingerprint density at radius 2 is 1.63 bits per heavy atom. The molecule has 0 unspecified atom stereocenters. The first-order valence-corrected chi connectivity index (χ1v) is 11.7. The van der Waals surface area contributed by atoms with E-state index in [0.29, 0.717) is 6.04 Å².